The highest BCUT2D eigenvalue weighted by Gasteiger charge is 2.62. The number of carbonyl (C=O) groups excluding carboxylic acids is 1. The van der Waals surface area contributed by atoms with E-state index < -0.39 is 12.2 Å². The summed E-state index contributed by atoms with van der Waals surface area (Å²) in [6, 6.07) is 7.77. The summed E-state index contributed by atoms with van der Waals surface area (Å²) in [6.07, 6.45) is -0.701. The van der Waals surface area contributed by atoms with Crippen molar-refractivity contribution in [3.05, 3.63) is 29.8 Å². The lowest BCUT2D eigenvalue weighted by molar-refractivity contribution is -0.199. The highest BCUT2D eigenvalue weighted by molar-refractivity contribution is 7.80. The zero-order chi connectivity index (χ0) is 19.3. The van der Waals surface area contributed by atoms with Crippen LogP contribution in [0.25, 0.3) is 0 Å². The summed E-state index contributed by atoms with van der Waals surface area (Å²) in [5.74, 6) is 0.705. The molecular formula is C20H26N2O4S. The van der Waals surface area contributed by atoms with Crippen molar-refractivity contribution in [2.45, 2.75) is 51.1 Å². The average molecular weight is 391 g/mol. The second-order valence-electron chi connectivity index (χ2n) is 8.10. The summed E-state index contributed by atoms with van der Waals surface area (Å²) in [4.78, 5) is 16.7. The van der Waals surface area contributed by atoms with Gasteiger partial charge in [0.25, 0.3) is 0 Å². The molecular weight excluding hydrogens is 364 g/mol. The third-order valence-electron chi connectivity index (χ3n) is 5.81. The molecule has 2 bridgehead atoms. The van der Waals surface area contributed by atoms with Crippen LogP contribution in [0.3, 0.4) is 0 Å². The van der Waals surface area contributed by atoms with Crippen LogP contribution in [0.5, 0.6) is 5.75 Å². The lowest BCUT2D eigenvalue weighted by Crippen LogP contribution is -2.66. The van der Waals surface area contributed by atoms with Gasteiger partial charge < -0.3 is 24.4 Å². The molecule has 6 nitrogen and oxygen atoms in total. The molecule has 1 aromatic carbocycles. The van der Waals surface area contributed by atoms with Crippen LogP contribution >= 0.6 is 12.2 Å². The van der Waals surface area contributed by atoms with E-state index in [0.29, 0.717) is 18.9 Å². The van der Waals surface area contributed by atoms with Gasteiger partial charge in [-0.05, 0) is 42.3 Å². The number of methoxy groups -OCH3 is 1. The van der Waals surface area contributed by atoms with Crippen LogP contribution in [0.2, 0.25) is 0 Å². The maximum Gasteiger partial charge on any atom is 0.311 e. The molecule has 5 rings (SSSR count). The molecule has 1 N–H and O–H groups in total. The van der Waals surface area contributed by atoms with Crippen LogP contribution in [0.1, 0.15) is 25.8 Å². The summed E-state index contributed by atoms with van der Waals surface area (Å²) in [5.41, 5.74) is 1.10. The Bertz CT molecular complexity index is 738. The van der Waals surface area contributed by atoms with Crippen LogP contribution in [-0.4, -0.2) is 63.9 Å². The van der Waals surface area contributed by atoms with Gasteiger partial charge in [0.2, 0.25) is 0 Å². The molecule has 4 aliphatic rings. The lowest BCUT2D eigenvalue weighted by atomic mass is 9.74. The molecule has 3 heterocycles. The van der Waals surface area contributed by atoms with Crippen LogP contribution in [0.15, 0.2) is 24.3 Å². The van der Waals surface area contributed by atoms with Crippen molar-refractivity contribution < 1.29 is 19.4 Å². The topological polar surface area (TPSA) is 62.2 Å². The number of hydrogen-bond donors (Lipinski definition) is 1. The fourth-order valence-electron chi connectivity index (χ4n) is 4.68. The number of esters is 1. The van der Waals surface area contributed by atoms with E-state index >= 15 is 0 Å². The Kier molecular flexibility index (Phi) is 4.76. The number of fused-ring (bicyclic) bond motifs is 2. The van der Waals surface area contributed by atoms with Gasteiger partial charge >= 0.3 is 5.97 Å². The highest BCUT2D eigenvalue weighted by Crippen LogP contribution is 2.44. The fraction of sp³-hybridized carbons (Fsp3) is 0.600. The van der Waals surface area contributed by atoms with E-state index in [9.17, 15) is 9.90 Å². The van der Waals surface area contributed by atoms with E-state index in [1.807, 2.05) is 24.3 Å². The molecule has 0 amide bonds. The van der Waals surface area contributed by atoms with Crippen molar-refractivity contribution in [2.24, 2.45) is 11.8 Å². The van der Waals surface area contributed by atoms with Crippen molar-refractivity contribution in [1.29, 1.82) is 0 Å². The summed E-state index contributed by atoms with van der Waals surface area (Å²) < 4.78 is 10.8. The van der Waals surface area contributed by atoms with E-state index in [4.69, 9.17) is 21.7 Å². The first-order chi connectivity index (χ1) is 12.9. The molecule has 27 heavy (non-hydrogen) atoms. The molecule has 3 aliphatic heterocycles. The molecule has 5 atom stereocenters. The minimum Gasteiger partial charge on any atom is -0.497 e. The van der Waals surface area contributed by atoms with Gasteiger partial charge in [-0.15, -0.1) is 0 Å². The summed E-state index contributed by atoms with van der Waals surface area (Å²) >= 11 is 5.83. The third kappa shape index (κ3) is 3.06. The van der Waals surface area contributed by atoms with Crippen molar-refractivity contribution in [3.8, 4) is 5.75 Å². The Labute approximate surface area is 165 Å². The number of rotatable bonds is 5. The second-order valence-corrected chi connectivity index (χ2v) is 8.46. The smallest absolute Gasteiger partial charge is 0.311 e. The van der Waals surface area contributed by atoms with Gasteiger partial charge in [-0.3, -0.25) is 4.79 Å². The monoisotopic (exact) mass is 390 g/mol. The standard InChI is InChI=1S/C20H26N2O4S/c1-11(2)9-21-16-14-8-15(23)18(26-19(14)24)17(16)22(20(21)27)10-12-4-6-13(25-3)7-5-12/h4-7,11,14-18,23H,8-10H2,1-3H3/t14-,15-,16-,17-,18+/m1/s1. The number of hydrogen-bond acceptors (Lipinski definition) is 5. The number of thiocarbonyl (C=S) groups is 1. The first-order valence-electron chi connectivity index (χ1n) is 9.49. The Morgan fingerprint density at radius 1 is 1.26 bits per heavy atom. The van der Waals surface area contributed by atoms with Crippen LogP contribution in [0, 0.1) is 11.8 Å². The van der Waals surface area contributed by atoms with E-state index in [1.54, 1.807) is 7.11 Å². The minimum atomic E-state index is -0.630. The maximum atomic E-state index is 12.4. The molecule has 146 valence electrons. The van der Waals surface area contributed by atoms with Gasteiger partial charge in [-0.25, -0.2) is 0 Å². The van der Waals surface area contributed by atoms with Crippen LogP contribution in [0.4, 0.5) is 0 Å². The minimum absolute atomic E-state index is 0.0206. The number of benzene rings is 1. The number of aliphatic hydroxyl groups is 1. The molecule has 1 saturated carbocycles. The van der Waals surface area contributed by atoms with Crippen molar-refractivity contribution in [1.82, 2.24) is 9.80 Å². The molecule has 4 fully saturated rings. The van der Waals surface area contributed by atoms with Gasteiger partial charge in [0.1, 0.15) is 11.9 Å². The predicted molar refractivity (Wildman–Crippen MR) is 104 cm³/mol. The van der Waals surface area contributed by atoms with Gasteiger partial charge in [0.05, 0.1) is 31.2 Å². The molecule has 0 radical (unpaired) electrons. The quantitative estimate of drug-likeness (QED) is 0.608. The maximum absolute atomic E-state index is 12.4. The van der Waals surface area contributed by atoms with Gasteiger partial charge in [0.15, 0.2) is 5.11 Å². The number of aliphatic hydroxyl groups excluding tert-OH is 1. The molecule has 3 saturated heterocycles. The molecule has 7 heteroatoms. The van der Waals surface area contributed by atoms with E-state index in [0.717, 1.165) is 23.0 Å². The number of nitrogens with zero attached hydrogens (tertiary/aromatic N) is 2. The van der Waals surface area contributed by atoms with Crippen LogP contribution < -0.4 is 4.74 Å². The van der Waals surface area contributed by atoms with Crippen LogP contribution in [-0.2, 0) is 16.1 Å². The van der Waals surface area contributed by atoms with E-state index in [2.05, 4.69) is 23.6 Å². The number of ether oxygens (including phenoxy) is 2. The lowest BCUT2D eigenvalue weighted by Gasteiger charge is -2.49. The van der Waals surface area contributed by atoms with E-state index in [1.165, 1.54) is 0 Å². The van der Waals surface area contributed by atoms with Crippen molar-refractivity contribution in [3.63, 3.8) is 0 Å². The van der Waals surface area contributed by atoms with Gasteiger partial charge in [-0.2, -0.15) is 0 Å². The molecule has 1 aromatic rings. The summed E-state index contributed by atoms with van der Waals surface area (Å²) in [5, 5.41) is 11.2. The fourth-order valence-corrected chi connectivity index (χ4v) is 5.06. The van der Waals surface area contributed by atoms with E-state index in [-0.39, 0.29) is 24.0 Å². The Morgan fingerprint density at radius 2 is 1.96 bits per heavy atom. The number of carbonyl (C=O) groups is 1. The SMILES string of the molecule is COc1ccc(CN2C(=S)N(CC(C)C)[C@H]3[C@@H]2[C@H]2OC(=O)[C@@H]3C[C@H]2O)cc1. The molecule has 1 aliphatic carbocycles. The summed E-state index contributed by atoms with van der Waals surface area (Å²) in [6.45, 7) is 5.72. The highest BCUT2D eigenvalue weighted by atomic mass is 32.1. The predicted octanol–water partition coefficient (Wildman–Crippen LogP) is 1.80. The summed E-state index contributed by atoms with van der Waals surface area (Å²) in [7, 11) is 1.65. The molecule has 0 unspecified atom stereocenters. The molecule has 0 aromatic heterocycles. The first kappa shape index (κ1) is 18.5. The molecule has 0 spiro atoms. The second kappa shape index (κ2) is 6.95. The van der Waals surface area contributed by atoms with Gasteiger partial charge in [-0.1, -0.05) is 26.0 Å². The first-order valence-corrected chi connectivity index (χ1v) is 9.90. The average Bonchev–Trinajstić information content (AvgIpc) is 2.90. The van der Waals surface area contributed by atoms with Crippen molar-refractivity contribution in [2.75, 3.05) is 13.7 Å². The third-order valence-corrected chi connectivity index (χ3v) is 6.28. The Balaban J connectivity index is 1.66. The largest absolute Gasteiger partial charge is 0.497 e. The Hall–Kier alpha value is -1.86. The zero-order valence-electron chi connectivity index (χ0n) is 15.9. The zero-order valence-corrected chi connectivity index (χ0v) is 16.7. The van der Waals surface area contributed by atoms with Gasteiger partial charge in [0, 0.05) is 13.1 Å². The normalized spacial score (nSPS) is 32.1. The van der Waals surface area contributed by atoms with Crippen molar-refractivity contribution >= 4 is 23.3 Å². The Morgan fingerprint density at radius 3 is 2.59 bits per heavy atom.